The van der Waals surface area contributed by atoms with Gasteiger partial charge in [-0.25, -0.2) is 4.98 Å². The number of rotatable bonds is 2. The highest BCUT2D eigenvalue weighted by molar-refractivity contribution is 5.24. The van der Waals surface area contributed by atoms with Crippen LogP contribution in [0, 0.1) is 5.95 Å². The molecule has 78 valence electrons. The third kappa shape index (κ3) is 2.84. The Labute approximate surface area is 76.0 Å². The molecule has 14 heavy (non-hydrogen) atoms. The molecule has 0 aromatic carbocycles. The summed E-state index contributed by atoms with van der Waals surface area (Å²) in [5.41, 5.74) is 0.0330. The summed E-state index contributed by atoms with van der Waals surface area (Å²) in [4.78, 5) is 2.98. The van der Waals surface area contributed by atoms with Crippen molar-refractivity contribution in [3.8, 4) is 5.75 Å². The van der Waals surface area contributed by atoms with E-state index in [1.165, 1.54) is 0 Å². The van der Waals surface area contributed by atoms with Gasteiger partial charge in [0.25, 0.3) is 5.95 Å². The molecule has 0 unspecified atom stereocenters. The number of alkyl halides is 3. The van der Waals surface area contributed by atoms with Crippen molar-refractivity contribution in [3.05, 3.63) is 23.8 Å². The number of hydrogen-bond acceptors (Lipinski definition) is 3. The summed E-state index contributed by atoms with van der Waals surface area (Å²) in [6.45, 7) is -0.540. The summed E-state index contributed by atoms with van der Waals surface area (Å²) in [6, 6.07) is 0.732. The van der Waals surface area contributed by atoms with Gasteiger partial charge in [0.15, 0.2) is 5.75 Å². The molecule has 0 aliphatic heterocycles. The van der Waals surface area contributed by atoms with E-state index in [4.69, 9.17) is 5.11 Å². The largest absolute Gasteiger partial charge is 0.573 e. The average Bonchev–Trinajstić information content (AvgIpc) is 2.06. The Morgan fingerprint density at radius 3 is 2.57 bits per heavy atom. The first kappa shape index (κ1) is 10.7. The molecule has 0 spiro atoms. The molecule has 3 nitrogen and oxygen atoms in total. The molecule has 0 bridgehead atoms. The molecule has 0 saturated heterocycles. The summed E-state index contributed by atoms with van der Waals surface area (Å²) in [6.07, 6.45) is -4.06. The Morgan fingerprint density at radius 1 is 1.43 bits per heavy atom. The molecule has 0 aliphatic carbocycles. The number of aromatic nitrogens is 1. The first-order valence-electron chi connectivity index (χ1n) is 3.43. The van der Waals surface area contributed by atoms with Crippen LogP contribution in [0.25, 0.3) is 0 Å². The van der Waals surface area contributed by atoms with Crippen molar-refractivity contribution >= 4 is 0 Å². The molecule has 1 aromatic heterocycles. The van der Waals surface area contributed by atoms with Crippen molar-refractivity contribution in [1.29, 1.82) is 0 Å². The first-order valence-corrected chi connectivity index (χ1v) is 3.43. The number of nitrogens with zero attached hydrogens (tertiary/aromatic N) is 1. The van der Waals surface area contributed by atoms with E-state index in [1.54, 1.807) is 0 Å². The molecule has 1 heterocycles. The molecule has 7 heteroatoms. The lowest BCUT2D eigenvalue weighted by molar-refractivity contribution is -0.275. The summed E-state index contributed by atoms with van der Waals surface area (Å²) in [5, 5.41) is 8.55. The minimum absolute atomic E-state index is 0.0330. The Balaban J connectivity index is 2.95. The number of ether oxygens (including phenoxy) is 1. The first-order chi connectivity index (χ1) is 6.42. The van der Waals surface area contributed by atoms with E-state index in [-0.39, 0.29) is 5.56 Å². The van der Waals surface area contributed by atoms with E-state index in [1.807, 2.05) is 0 Å². The van der Waals surface area contributed by atoms with Crippen LogP contribution in [0.4, 0.5) is 17.6 Å². The molecule has 0 amide bonds. The predicted octanol–water partition coefficient (Wildman–Crippen LogP) is 1.61. The minimum atomic E-state index is -4.98. The lowest BCUT2D eigenvalue weighted by atomic mass is 10.3. The lowest BCUT2D eigenvalue weighted by Gasteiger charge is -2.09. The van der Waals surface area contributed by atoms with Crippen molar-refractivity contribution in [2.75, 3.05) is 0 Å². The van der Waals surface area contributed by atoms with Gasteiger partial charge in [0, 0.05) is 6.20 Å². The average molecular weight is 211 g/mol. The SMILES string of the molecule is OCc1cnc(F)c(OC(F)(F)F)c1. The van der Waals surface area contributed by atoms with Gasteiger partial charge >= 0.3 is 6.36 Å². The van der Waals surface area contributed by atoms with Gasteiger partial charge in [0.1, 0.15) is 0 Å². The van der Waals surface area contributed by atoms with E-state index in [2.05, 4.69) is 9.72 Å². The van der Waals surface area contributed by atoms with Crippen molar-refractivity contribution in [1.82, 2.24) is 4.98 Å². The fraction of sp³-hybridized carbons (Fsp3) is 0.286. The van der Waals surface area contributed by atoms with E-state index >= 15 is 0 Å². The second kappa shape index (κ2) is 3.79. The number of aliphatic hydroxyl groups is 1. The Bertz CT molecular complexity index is 326. The third-order valence-corrected chi connectivity index (χ3v) is 1.27. The molecule has 0 atom stereocenters. The molecular weight excluding hydrogens is 206 g/mol. The number of pyridine rings is 1. The smallest absolute Gasteiger partial charge is 0.401 e. The normalized spacial score (nSPS) is 11.5. The second-order valence-electron chi connectivity index (χ2n) is 2.34. The molecule has 0 radical (unpaired) electrons. The third-order valence-electron chi connectivity index (χ3n) is 1.27. The fourth-order valence-electron chi connectivity index (χ4n) is 0.751. The molecule has 1 aromatic rings. The standard InChI is InChI=1S/C7H5F4NO2/c8-6-5(14-7(9,10)11)1-4(3-13)2-12-6/h1-2,13H,3H2. The molecule has 0 aliphatic rings. The maximum absolute atomic E-state index is 12.6. The van der Waals surface area contributed by atoms with E-state index in [9.17, 15) is 17.6 Å². The Morgan fingerprint density at radius 2 is 2.07 bits per heavy atom. The summed E-state index contributed by atoms with van der Waals surface area (Å²) in [7, 11) is 0. The topological polar surface area (TPSA) is 42.4 Å². The van der Waals surface area contributed by atoms with Crippen LogP contribution in [0.15, 0.2) is 12.3 Å². The molecule has 1 rings (SSSR count). The highest BCUT2D eigenvalue weighted by atomic mass is 19.4. The quantitative estimate of drug-likeness (QED) is 0.596. The predicted molar refractivity (Wildman–Crippen MR) is 36.8 cm³/mol. The Kier molecular flexibility index (Phi) is 2.90. The zero-order valence-electron chi connectivity index (χ0n) is 6.68. The molecule has 0 fully saturated rings. The van der Waals surface area contributed by atoms with Gasteiger partial charge in [-0.2, -0.15) is 4.39 Å². The molecule has 1 N–H and O–H groups in total. The van der Waals surface area contributed by atoms with Crippen LogP contribution in [-0.2, 0) is 6.61 Å². The van der Waals surface area contributed by atoms with Crippen LogP contribution in [0.2, 0.25) is 0 Å². The van der Waals surface area contributed by atoms with E-state index in [0.29, 0.717) is 0 Å². The van der Waals surface area contributed by atoms with Crippen LogP contribution < -0.4 is 4.74 Å². The number of halogens is 4. The summed E-state index contributed by atoms with van der Waals surface area (Å²) >= 11 is 0. The van der Waals surface area contributed by atoms with E-state index < -0.39 is 24.7 Å². The van der Waals surface area contributed by atoms with Gasteiger partial charge in [-0.05, 0) is 11.6 Å². The van der Waals surface area contributed by atoms with Gasteiger partial charge in [0.05, 0.1) is 6.61 Å². The zero-order chi connectivity index (χ0) is 10.8. The van der Waals surface area contributed by atoms with Gasteiger partial charge in [-0.1, -0.05) is 0 Å². The summed E-state index contributed by atoms with van der Waals surface area (Å²) < 4.78 is 51.0. The van der Waals surface area contributed by atoms with Crippen molar-refractivity contribution in [3.63, 3.8) is 0 Å². The molecule has 0 saturated carbocycles. The maximum atomic E-state index is 12.6. The highest BCUT2D eigenvalue weighted by Gasteiger charge is 2.32. The van der Waals surface area contributed by atoms with Gasteiger partial charge in [-0.15, -0.1) is 13.2 Å². The maximum Gasteiger partial charge on any atom is 0.573 e. The summed E-state index contributed by atoms with van der Waals surface area (Å²) in [5.74, 6) is -2.43. The van der Waals surface area contributed by atoms with Crippen LogP contribution in [0.5, 0.6) is 5.75 Å². The van der Waals surface area contributed by atoms with Crippen LogP contribution >= 0.6 is 0 Å². The van der Waals surface area contributed by atoms with Crippen LogP contribution in [0.3, 0.4) is 0 Å². The zero-order valence-corrected chi connectivity index (χ0v) is 6.68. The number of aliphatic hydroxyl groups excluding tert-OH is 1. The van der Waals surface area contributed by atoms with Crippen molar-refractivity contribution in [2.24, 2.45) is 0 Å². The Hall–Kier alpha value is -1.37. The second-order valence-corrected chi connectivity index (χ2v) is 2.34. The fourth-order valence-corrected chi connectivity index (χ4v) is 0.751. The minimum Gasteiger partial charge on any atom is -0.401 e. The van der Waals surface area contributed by atoms with Crippen molar-refractivity contribution < 1.29 is 27.4 Å². The monoisotopic (exact) mass is 211 g/mol. The highest BCUT2D eigenvalue weighted by Crippen LogP contribution is 2.24. The van der Waals surface area contributed by atoms with E-state index in [0.717, 1.165) is 12.3 Å². The van der Waals surface area contributed by atoms with Gasteiger partial charge in [-0.3, -0.25) is 0 Å². The van der Waals surface area contributed by atoms with Crippen LogP contribution in [0.1, 0.15) is 5.56 Å². The van der Waals surface area contributed by atoms with Crippen molar-refractivity contribution in [2.45, 2.75) is 13.0 Å². The van der Waals surface area contributed by atoms with Gasteiger partial charge in [0.2, 0.25) is 0 Å². The van der Waals surface area contributed by atoms with Crippen LogP contribution in [-0.4, -0.2) is 16.5 Å². The van der Waals surface area contributed by atoms with Gasteiger partial charge < -0.3 is 9.84 Å². The molecular formula is C7H5F4NO2. The lowest BCUT2D eigenvalue weighted by Crippen LogP contribution is -2.18. The number of hydrogen-bond donors (Lipinski definition) is 1.